The lowest BCUT2D eigenvalue weighted by Crippen LogP contribution is -2.33. The van der Waals surface area contributed by atoms with Crippen LogP contribution in [-0.4, -0.2) is 45.8 Å². The van der Waals surface area contributed by atoms with Crippen LogP contribution >= 0.6 is 11.6 Å². The zero-order valence-electron chi connectivity index (χ0n) is 19.0. The van der Waals surface area contributed by atoms with Crippen molar-refractivity contribution in [2.24, 2.45) is 4.99 Å². The Hall–Kier alpha value is -3.79. The van der Waals surface area contributed by atoms with E-state index in [0.717, 1.165) is 4.73 Å². The SMILES string of the molecule is CC(C)(C)OC(=O)NCCCOc1ccc(Cl)cc1NC(=O)N=c1cnc2ccccc2n1O. The summed E-state index contributed by atoms with van der Waals surface area (Å²) in [5.41, 5.74) is 0.646. The van der Waals surface area contributed by atoms with Gasteiger partial charge in [0.05, 0.1) is 24.0 Å². The number of para-hydroxylation sites is 2. The maximum Gasteiger partial charge on any atom is 0.407 e. The highest BCUT2D eigenvalue weighted by atomic mass is 35.5. The first-order valence-electron chi connectivity index (χ1n) is 10.5. The Morgan fingerprint density at radius 1 is 1.21 bits per heavy atom. The van der Waals surface area contributed by atoms with Crippen molar-refractivity contribution < 1.29 is 24.3 Å². The van der Waals surface area contributed by atoms with Gasteiger partial charge < -0.3 is 25.3 Å². The number of urea groups is 1. The number of benzene rings is 2. The Bertz CT molecular complexity index is 1250. The first kappa shape index (κ1) is 24.8. The quantitative estimate of drug-likeness (QED) is 0.350. The molecule has 0 unspecified atom stereocenters. The molecule has 2 aromatic carbocycles. The van der Waals surface area contributed by atoms with Gasteiger partial charge in [-0.1, -0.05) is 23.7 Å². The van der Waals surface area contributed by atoms with Gasteiger partial charge >= 0.3 is 12.1 Å². The molecule has 3 rings (SSSR count). The predicted molar refractivity (Wildman–Crippen MR) is 127 cm³/mol. The molecule has 0 spiro atoms. The van der Waals surface area contributed by atoms with Crippen LogP contribution in [0.15, 0.2) is 53.7 Å². The number of anilines is 1. The lowest BCUT2D eigenvalue weighted by molar-refractivity contribution is 0.0525. The van der Waals surface area contributed by atoms with Crippen molar-refractivity contribution >= 4 is 40.4 Å². The maximum atomic E-state index is 12.5. The van der Waals surface area contributed by atoms with E-state index in [1.165, 1.54) is 12.3 Å². The molecule has 0 atom stereocenters. The number of rotatable bonds is 6. The number of amides is 3. The number of ether oxygens (including phenoxy) is 2. The van der Waals surface area contributed by atoms with E-state index in [1.54, 1.807) is 57.2 Å². The summed E-state index contributed by atoms with van der Waals surface area (Å²) < 4.78 is 11.7. The van der Waals surface area contributed by atoms with E-state index in [-0.39, 0.29) is 12.1 Å². The normalized spacial score (nSPS) is 11.8. The van der Waals surface area contributed by atoms with Crippen LogP contribution in [0.5, 0.6) is 5.75 Å². The fourth-order valence-corrected chi connectivity index (χ4v) is 3.04. The number of nitrogens with one attached hydrogen (secondary N) is 2. The van der Waals surface area contributed by atoms with Gasteiger partial charge in [-0.3, -0.25) is 4.98 Å². The number of carbonyl (C=O) groups excluding carboxylic acids is 2. The monoisotopic (exact) mass is 487 g/mol. The van der Waals surface area contributed by atoms with Gasteiger partial charge in [0.2, 0.25) is 0 Å². The molecule has 3 aromatic rings. The molecule has 0 aliphatic carbocycles. The van der Waals surface area contributed by atoms with E-state index in [1.807, 2.05) is 0 Å². The van der Waals surface area contributed by atoms with Gasteiger partial charge in [0.1, 0.15) is 16.9 Å². The van der Waals surface area contributed by atoms with Gasteiger partial charge in [-0.15, -0.1) is 0 Å². The first-order valence-corrected chi connectivity index (χ1v) is 10.9. The molecular formula is C23H26ClN5O5. The van der Waals surface area contributed by atoms with Crippen molar-refractivity contribution in [3.05, 3.63) is 59.2 Å². The third-order valence-electron chi connectivity index (χ3n) is 4.29. The van der Waals surface area contributed by atoms with Crippen LogP contribution in [-0.2, 0) is 4.74 Å². The molecule has 0 saturated heterocycles. The highest BCUT2D eigenvalue weighted by molar-refractivity contribution is 6.31. The minimum atomic E-state index is -0.751. The highest BCUT2D eigenvalue weighted by Crippen LogP contribution is 2.28. The molecule has 0 aliphatic rings. The van der Waals surface area contributed by atoms with Gasteiger partial charge in [0.15, 0.2) is 5.49 Å². The molecule has 34 heavy (non-hydrogen) atoms. The number of aromatic nitrogens is 2. The molecule has 3 amide bonds. The fourth-order valence-electron chi connectivity index (χ4n) is 2.87. The van der Waals surface area contributed by atoms with Gasteiger partial charge in [0, 0.05) is 11.6 Å². The molecule has 0 saturated carbocycles. The van der Waals surface area contributed by atoms with Crippen LogP contribution in [0.3, 0.4) is 0 Å². The number of alkyl carbamates (subject to hydrolysis) is 1. The van der Waals surface area contributed by atoms with Crippen LogP contribution in [0, 0.1) is 0 Å². The lowest BCUT2D eigenvalue weighted by atomic mass is 10.2. The van der Waals surface area contributed by atoms with E-state index >= 15 is 0 Å². The second-order valence-corrected chi connectivity index (χ2v) is 8.67. The second kappa shape index (κ2) is 10.9. The summed E-state index contributed by atoms with van der Waals surface area (Å²) in [7, 11) is 0. The van der Waals surface area contributed by atoms with E-state index in [4.69, 9.17) is 21.1 Å². The zero-order valence-corrected chi connectivity index (χ0v) is 19.8. The van der Waals surface area contributed by atoms with Gasteiger partial charge in [-0.25, -0.2) is 9.59 Å². The van der Waals surface area contributed by atoms with E-state index in [0.29, 0.717) is 40.5 Å². The van der Waals surface area contributed by atoms with E-state index in [2.05, 4.69) is 20.6 Å². The van der Waals surface area contributed by atoms with Crippen molar-refractivity contribution in [1.29, 1.82) is 0 Å². The second-order valence-electron chi connectivity index (χ2n) is 8.23. The molecule has 0 fully saturated rings. The standard InChI is InChI=1S/C23H26ClN5O5/c1-23(2,3)34-22(31)25-11-6-12-33-19-10-9-15(24)13-17(19)27-21(30)28-20-14-26-16-7-4-5-8-18(16)29(20)32/h4-5,7-10,13-14,32H,6,11-12H2,1-3H3,(H,25,31)(H,27,30). The Kier molecular flexibility index (Phi) is 7.95. The van der Waals surface area contributed by atoms with Crippen molar-refractivity contribution in [2.45, 2.75) is 32.8 Å². The Labute approximate surface area is 201 Å². The molecule has 3 N–H and O–H groups in total. The Morgan fingerprint density at radius 3 is 2.74 bits per heavy atom. The van der Waals surface area contributed by atoms with Crippen LogP contribution in [0.4, 0.5) is 15.3 Å². The Balaban J connectivity index is 1.63. The molecule has 0 radical (unpaired) electrons. The summed E-state index contributed by atoms with van der Waals surface area (Å²) in [6.45, 7) is 5.98. The number of hydrogen-bond donors (Lipinski definition) is 3. The van der Waals surface area contributed by atoms with Gasteiger partial charge in [-0.2, -0.15) is 9.72 Å². The van der Waals surface area contributed by atoms with E-state index in [9.17, 15) is 14.8 Å². The van der Waals surface area contributed by atoms with Crippen molar-refractivity contribution in [3.63, 3.8) is 0 Å². The van der Waals surface area contributed by atoms with Gasteiger partial charge in [-0.05, 0) is 57.5 Å². The highest BCUT2D eigenvalue weighted by Gasteiger charge is 2.15. The third kappa shape index (κ3) is 7.11. The largest absolute Gasteiger partial charge is 0.491 e. The summed E-state index contributed by atoms with van der Waals surface area (Å²) in [5, 5.41) is 16.0. The molecule has 0 bridgehead atoms. The molecule has 11 heteroatoms. The summed E-state index contributed by atoms with van der Waals surface area (Å²) in [5.74, 6) is 0.374. The molecule has 1 heterocycles. The third-order valence-corrected chi connectivity index (χ3v) is 4.53. The van der Waals surface area contributed by atoms with Crippen LogP contribution in [0.25, 0.3) is 11.0 Å². The lowest BCUT2D eigenvalue weighted by Gasteiger charge is -2.19. The number of hydrogen-bond acceptors (Lipinski definition) is 6. The average Bonchev–Trinajstić information content (AvgIpc) is 2.76. The number of fused-ring (bicyclic) bond motifs is 1. The summed E-state index contributed by atoms with van der Waals surface area (Å²) in [6.07, 6.45) is 1.29. The topological polar surface area (TPSA) is 127 Å². The number of halogens is 1. The fraction of sp³-hybridized carbons (Fsp3) is 0.304. The molecular weight excluding hydrogens is 462 g/mol. The maximum absolute atomic E-state index is 12.5. The Morgan fingerprint density at radius 2 is 1.97 bits per heavy atom. The van der Waals surface area contributed by atoms with Crippen molar-refractivity contribution in [1.82, 2.24) is 15.0 Å². The molecule has 0 aliphatic heterocycles. The predicted octanol–water partition coefficient (Wildman–Crippen LogP) is 4.35. The first-order chi connectivity index (χ1) is 16.1. The van der Waals surface area contributed by atoms with Crippen molar-refractivity contribution in [3.8, 4) is 5.75 Å². The van der Waals surface area contributed by atoms with Crippen LogP contribution < -0.4 is 20.9 Å². The minimum absolute atomic E-state index is 0.0473. The number of carbonyl (C=O) groups is 2. The zero-order chi connectivity index (χ0) is 24.7. The van der Waals surface area contributed by atoms with Gasteiger partial charge in [0.25, 0.3) is 0 Å². The number of nitrogens with zero attached hydrogens (tertiary/aromatic N) is 3. The van der Waals surface area contributed by atoms with Crippen molar-refractivity contribution in [2.75, 3.05) is 18.5 Å². The minimum Gasteiger partial charge on any atom is -0.491 e. The van der Waals surface area contributed by atoms with E-state index < -0.39 is 17.7 Å². The van der Waals surface area contributed by atoms with Crippen LogP contribution in [0.1, 0.15) is 27.2 Å². The molecule has 10 nitrogen and oxygen atoms in total. The molecule has 1 aromatic heterocycles. The summed E-state index contributed by atoms with van der Waals surface area (Å²) in [4.78, 5) is 32.2. The molecule has 180 valence electrons. The van der Waals surface area contributed by atoms with Crippen LogP contribution in [0.2, 0.25) is 5.02 Å². The smallest absolute Gasteiger partial charge is 0.407 e. The average molecular weight is 488 g/mol. The summed E-state index contributed by atoms with van der Waals surface area (Å²) in [6, 6.07) is 10.9. The summed E-state index contributed by atoms with van der Waals surface area (Å²) >= 11 is 6.07.